The van der Waals surface area contributed by atoms with Gasteiger partial charge in [-0.3, -0.25) is 0 Å². The zero-order valence-corrected chi connectivity index (χ0v) is 13.7. The summed E-state index contributed by atoms with van der Waals surface area (Å²) in [5.74, 6) is -0.341. The zero-order valence-electron chi connectivity index (χ0n) is 13.7. The summed E-state index contributed by atoms with van der Waals surface area (Å²) in [5, 5.41) is 9.24. The third-order valence-corrected chi connectivity index (χ3v) is 6.69. The van der Waals surface area contributed by atoms with Crippen LogP contribution in [0.15, 0.2) is 0 Å². The van der Waals surface area contributed by atoms with E-state index in [0.29, 0.717) is 0 Å². The van der Waals surface area contributed by atoms with Crippen LogP contribution in [0.3, 0.4) is 0 Å². The Balaban J connectivity index is 1.36. The molecule has 0 aromatic heterocycles. The van der Waals surface area contributed by atoms with Crippen LogP contribution >= 0.6 is 0 Å². The second kappa shape index (κ2) is 5.40. The molecule has 5 rings (SSSR count). The number of ether oxygens (including phenoxy) is 4. The molecule has 5 aliphatic rings. The average Bonchev–Trinajstić information content (AvgIpc) is 3.04. The maximum Gasteiger partial charge on any atom is 0.169 e. The molecule has 130 valence electrons. The molecule has 0 aromatic rings. The van der Waals surface area contributed by atoms with Crippen LogP contribution in [0.4, 0.5) is 0 Å². The molecule has 5 heteroatoms. The third kappa shape index (κ3) is 2.31. The number of hydrogen-bond acceptors (Lipinski definition) is 5. The predicted molar refractivity (Wildman–Crippen MR) is 82.0 cm³/mol. The van der Waals surface area contributed by atoms with Crippen LogP contribution < -0.4 is 0 Å². The highest BCUT2D eigenvalue weighted by atomic mass is 16.8. The molecule has 3 heterocycles. The monoisotopic (exact) mass is 324 g/mol. The first-order valence-corrected chi connectivity index (χ1v) is 9.52. The lowest BCUT2D eigenvalue weighted by Crippen LogP contribution is -2.53. The van der Waals surface area contributed by atoms with Crippen molar-refractivity contribution in [3.63, 3.8) is 0 Å². The molecule has 5 fully saturated rings. The summed E-state index contributed by atoms with van der Waals surface area (Å²) in [6.45, 7) is 0.199. The maximum atomic E-state index is 9.24. The minimum Gasteiger partial charge on any atom is -0.396 e. The lowest BCUT2D eigenvalue weighted by molar-refractivity contribution is -0.216. The van der Waals surface area contributed by atoms with Crippen molar-refractivity contribution in [1.29, 1.82) is 0 Å². The summed E-state index contributed by atoms with van der Waals surface area (Å²) >= 11 is 0. The lowest BCUT2D eigenvalue weighted by Gasteiger charge is -2.44. The number of aliphatic hydroxyl groups is 1. The highest BCUT2D eigenvalue weighted by Crippen LogP contribution is 2.55. The van der Waals surface area contributed by atoms with Crippen LogP contribution in [0.2, 0.25) is 0 Å². The SMILES string of the molecule is OCCC1CCC2O[C@@H]3CC2(C[C@H]2OC4(CCCCC4)O[C@@H]32)O1. The smallest absolute Gasteiger partial charge is 0.169 e. The van der Waals surface area contributed by atoms with Crippen molar-refractivity contribution < 1.29 is 24.1 Å². The first-order chi connectivity index (χ1) is 11.2. The molecule has 23 heavy (non-hydrogen) atoms. The van der Waals surface area contributed by atoms with Crippen LogP contribution in [0.5, 0.6) is 0 Å². The van der Waals surface area contributed by atoms with Gasteiger partial charge in [-0.2, -0.15) is 0 Å². The van der Waals surface area contributed by atoms with Gasteiger partial charge in [0.05, 0.1) is 30.0 Å². The Labute approximate surface area is 137 Å². The van der Waals surface area contributed by atoms with E-state index in [-0.39, 0.29) is 48.5 Å². The van der Waals surface area contributed by atoms with Crippen LogP contribution in [-0.4, -0.2) is 53.6 Å². The molecule has 0 aromatic carbocycles. The van der Waals surface area contributed by atoms with Crippen molar-refractivity contribution in [1.82, 2.24) is 0 Å². The summed E-state index contributed by atoms with van der Waals surface area (Å²) < 4.78 is 25.8. The fraction of sp³-hybridized carbons (Fsp3) is 1.00. The van der Waals surface area contributed by atoms with Gasteiger partial charge in [0.25, 0.3) is 0 Å². The van der Waals surface area contributed by atoms with E-state index >= 15 is 0 Å². The van der Waals surface area contributed by atoms with Crippen molar-refractivity contribution in [3.8, 4) is 0 Å². The number of rotatable bonds is 2. The quantitative estimate of drug-likeness (QED) is 0.844. The van der Waals surface area contributed by atoms with E-state index in [0.717, 1.165) is 44.9 Å². The lowest BCUT2D eigenvalue weighted by atomic mass is 9.76. The van der Waals surface area contributed by atoms with Gasteiger partial charge in [0, 0.05) is 32.3 Å². The minimum atomic E-state index is -0.341. The summed E-state index contributed by atoms with van der Waals surface area (Å²) in [5.41, 5.74) is -0.201. The first kappa shape index (κ1) is 15.1. The minimum absolute atomic E-state index is 0.0872. The van der Waals surface area contributed by atoms with Gasteiger partial charge in [-0.05, 0) is 32.1 Å². The second-order valence-electron chi connectivity index (χ2n) is 8.18. The Kier molecular flexibility index (Phi) is 3.54. The Morgan fingerprint density at radius 3 is 2.57 bits per heavy atom. The van der Waals surface area contributed by atoms with Crippen molar-refractivity contribution in [2.45, 2.75) is 106 Å². The van der Waals surface area contributed by atoms with E-state index in [9.17, 15) is 5.11 Å². The molecule has 2 saturated carbocycles. The average molecular weight is 324 g/mol. The van der Waals surface area contributed by atoms with Crippen molar-refractivity contribution in [3.05, 3.63) is 0 Å². The molecule has 0 amide bonds. The Morgan fingerprint density at radius 2 is 1.74 bits per heavy atom. The molecule has 3 saturated heterocycles. The van der Waals surface area contributed by atoms with Crippen LogP contribution in [0.25, 0.3) is 0 Å². The maximum absolute atomic E-state index is 9.24. The van der Waals surface area contributed by atoms with Crippen molar-refractivity contribution in [2.24, 2.45) is 0 Å². The molecule has 1 N–H and O–H groups in total. The van der Waals surface area contributed by atoms with E-state index in [4.69, 9.17) is 18.9 Å². The van der Waals surface area contributed by atoms with Gasteiger partial charge < -0.3 is 24.1 Å². The van der Waals surface area contributed by atoms with Crippen molar-refractivity contribution >= 4 is 0 Å². The fourth-order valence-corrected chi connectivity index (χ4v) is 5.68. The van der Waals surface area contributed by atoms with Gasteiger partial charge in [-0.25, -0.2) is 0 Å². The zero-order chi connectivity index (χ0) is 15.5. The van der Waals surface area contributed by atoms with Gasteiger partial charge in [-0.1, -0.05) is 6.42 Å². The van der Waals surface area contributed by atoms with Crippen LogP contribution in [-0.2, 0) is 18.9 Å². The molecule has 2 bridgehead atoms. The highest BCUT2D eigenvalue weighted by molar-refractivity contribution is 5.12. The molecule has 2 spiro atoms. The highest BCUT2D eigenvalue weighted by Gasteiger charge is 2.65. The van der Waals surface area contributed by atoms with E-state index < -0.39 is 0 Å². The molecule has 0 radical (unpaired) electrons. The van der Waals surface area contributed by atoms with E-state index in [1.807, 2.05) is 0 Å². The largest absolute Gasteiger partial charge is 0.396 e. The van der Waals surface area contributed by atoms with Crippen LogP contribution in [0.1, 0.15) is 64.2 Å². The Hall–Kier alpha value is -0.200. The summed E-state index contributed by atoms with van der Waals surface area (Å²) in [4.78, 5) is 0. The van der Waals surface area contributed by atoms with E-state index in [2.05, 4.69) is 0 Å². The molecule has 3 unspecified atom stereocenters. The van der Waals surface area contributed by atoms with E-state index in [1.54, 1.807) is 0 Å². The summed E-state index contributed by atoms with van der Waals surface area (Å²) in [7, 11) is 0. The number of hydrogen-bond donors (Lipinski definition) is 1. The fourth-order valence-electron chi connectivity index (χ4n) is 5.68. The predicted octanol–water partition coefficient (Wildman–Crippen LogP) is 2.29. The van der Waals surface area contributed by atoms with Crippen LogP contribution in [0, 0.1) is 0 Å². The molecule has 3 aliphatic heterocycles. The number of fused-ring (bicyclic) bond motifs is 3. The molecular formula is C18H28O5. The summed E-state index contributed by atoms with van der Waals surface area (Å²) in [6.07, 6.45) is 11.0. The molecular weight excluding hydrogens is 296 g/mol. The van der Waals surface area contributed by atoms with Gasteiger partial charge in [0.15, 0.2) is 5.79 Å². The van der Waals surface area contributed by atoms with Crippen molar-refractivity contribution in [2.75, 3.05) is 6.61 Å². The standard InChI is InChI=1S/C18H28O5/c19-9-6-12-4-5-15-17(21-12)10-13(20-15)16-14(11-17)22-18(23-16)7-2-1-3-8-18/h12-16,19H,1-11H2/t12?,13-,14-,15?,16+,17?/m1/s1. The van der Waals surface area contributed by atoms with Gasteiger partial charge in [-0.15, -0.1) is 0 Å². The first-order valence-electron chi connectivity index (χ1n) is 9.52. The molecule has 2 aliphatic carbocycles. The van der Waals surface area contributed by atoms with Gasteiger partial charge >= 0.3 is 0 Å². The van der Waals surface area contributed by atoms with E-state index in [1.165, 1.54) is 19.3 Å². The Bertz CT molecular complexity index is 462. The molecule has 6 atom stereocenters. The normalized spacial score (nSPS) is 50.7. The number of aliphatic hydroxyl groups excluding tert-OH is 1. The van der Waals surface area contributed by atoms with Gasteiger partial charge in [0.1, 0.15) is 6.10 Å². The topological polar surface area (TPSA) is 57.2 Å². The second-order valence-corrected chi connectivity index (χ2v) is 8.18. The summed E-state index contributed by atoms with van der Waals surface area (Å²) in [6, 6.07) is 0. The Morgan fingerprint density at radius 1 is 0.913 bits per heavy atom. The third-order valence-electron chi connectivity index (χ3n) is 6.69. The van der Waals surface area contributed by atoms with Gasteiger partial charge in [0.2, 0.25) is 0 Å². The molecule has 5 nitrogen and oxygen atoms in total.